The van der Waals surface area contributed by atoms with Gasteiger partial charge in [-0.2, -0.15) is 0 Å². The van der Waals surface area contributed by atoms with E-state index in [1.807, 2.05) is 18.2 Å². The maximum atomic E-state index is 5.23. The molecule has 0 unspecified atom stereocenters. The summed E-state index contributed by atoms with van der Waals surface area (Å²) in [4.78, 5) is 0. The van der Waals surface area contributed by atoms with Gasteiger partial charge in [0.15, 0.2) is 0 Å². The van der Waals surface area contributed by atoms with E-state index < -0.39 is 0 Å². The molecule has 0 aliphatic rings. The molecule has 1 rings (SSSR count). The second kappa shape index (κ2) is 6.59. The van der Waals surface area contributed by atoms with Crippen LogP contribution in [0, 0.1) is 0 Å². The van der Waals surface area contributed by atoms with Crippen molar-refractivity contribution in [1.82, 2.24) is 0 Å². The van der Waals surface area contributed by atoms with Crippen molar-refractivity contribution in [2.45, 2.75) is 13.3 Å². The normalized spacial score (nSPS) is 11.4. The largest absolute Gasteiger partial charge is 0.497 e. The fourth-order valence-corrected chi connectivity index (χ4v) is 1.94. The van der Waals surface area contributed by atoms with Gasteiger partial charge in [-0.3, -0.25) is 0 Å². The highest BCUT2D eigenvalue weighted by molar-refractivity contribution is 9.09. The summed E-state index contributed by atoms with van der Waals surface area (Å²) in [6.07, 6.45) is 3.19. The monoisotopic (exact) mass is 284 g/mol. The summed E-state index contributed by atoms with van der Waals surface area (Å²) in [7, 11) is 3.32. The quantitative estimate of drug-likeness (QED) is 0.764. The summed E-state index contributed by atoms with van der Waals surface area (Å²) in [5, 5.41) is 0.892. The van der Waals surface area contributed by atoms with E-state index in [2.05, 4.69) is 28.9 Å². The first-order chi connectivity index (χ1) is 7.73. The molecule has 0 atom stereocenters. The van der Waals surface area contributed by atoms with Crippen LogP contribution in [0.2, 0.25) is 0 Å². The third-order valence-corrected chi connectivity index (χ3v) is 3.09. The van der Waals surface area contributed by atoms with Crippen molar-refractivity contribution in [3.05, 3.63) is 29.3 Å². The van der Waals surface area contributed by atoms with Crippen LogP contribution in [-0.2, 0) is 0 Å². The van der Waals surface area contributed by atoms with E-state index in [4.69, 9.17) is 9.47 Å². The van der Waals surface area contributed by atoms with Crippen molar-refractivity contribution in [2.24, 2.45) is 0 Å². The molecule has 0 amide bonds. The highest BCUT2D eigenvalue weighted by Crippen LogP contribution is 2.24. The highest BCUT2D eigenvalue weighted by atomic mass is 79.9. The van der Waals surface area contributed by atoms with Crippen molar-refractivity contribution >= 4 is 22.0 Å². The van der Waals surface area contributed by atoms with E-state index in [9.17, 15) is 0 Å². The summed E-state index contributed by atoms with van der Waals surface area (Å²) in [5.41, 5.74) is 2.45. The summed E-state index contributed by atoms with van der Waals surface area (Å²) < 4.78 is 10.5. The number of benzene rings is 1. The molecule has 0 bridgehead atoms. The van der Waals surface area contributed by atoms with Crippen molar-refractivity contribution < 1.29 is 9.47 Å². The molecule has 0 radical (unpaired) electrons. The van der Waals surface area contributed by atoms with E-state index in [1.165, 1.54) is 5.57 Å². The second-order valence-corrected chi connectivity index (χ2v) is 4.00. The zero-order valence-corrected chi connectivity index (χ0v) is 11.5. The molecule has 0 aliphatic heterocycles. The maximum absolute atomic E-state index is 5.23. The predicted molar refractivity (Wildman–Crippen MR) is 71.6 cm³/mol. The van der Waals surface area contributed by atoms with Crippen molar-refractivity contribution in [3.8, 4) is 11.5 Å². The van der Waals surface area contributed by atoms with E-state index in [0.717, 1.165) is 28.8 Å². The number of alkyl halides is 1. The molecular formula is C13H17BrO2. The standard InChI is InChI=1S/C13H17BrO2/c1-4-10(9-14)5-11-6-12(15-2)8-13(7-11)16-3/h5-8H,4,9H2,1-3H3. The Morgan fingerprint density at radius 3 is 2.12 bits per heavy atom. The third-order valence-electron chi connectivity index (χ3n) is 2.37. The van der Waals surface area contributed by atoms with Crippen LogP contribution in [0.5, 0.6) is 11.5 Å². The molecule has 0 N–H and O–H groups in total. The van der Waals surface area contributed by atoms with Gasteiger partial charge in [-0.05, 0) is 24.1 Å². The molecule has 2 nitrogen and oxygen atoms in total. The van der Waals surface area contributed by atoms with Crippen LogP contribution in [0.3, 0.4) is 0 Å². The van der Waals surface area contributed by atoms with Gasteiger partial charge in [0, 0.05) is 11.4 Å². The first kappa shape index (κ1) is 13.1. The Morgan fingerprint density at radius 1 is 1.19 bits per heavy atom. The lowest BCUT2D eigenvalue weighted by Crippen LogP contribution is -1.89. The van der Waals surface area contributed by atoms with Crippen molar-refractivity contribution in [3.63, 3.8) is 0 Å². The van der Waals surface area contributed by atoms with E-state index >= 15 is 0 Å². The Kier molecular flexibility index (Phi) is 5.39. The maximum Gasteiger partial charge on any atom is 0.123 e. The molecule has 0 heterocycles. The molecule has 88 valence electrons. The van der Waals surface area contributed by atoms with Gasteiger partial charge in [-0.1, -0.05) is 34.5 Å². The summed E-state index contributed by atoms with van der Waals surface area (Å²) >= 11 is 3.47. The van der Waals surface area contributed by atoms with Gasteiger partial charge in [-0.15, -0.1) is 0 Å². The molecule has 0 spiro atoms. The molecular weight excluding hydrogens is 268 g/mol. The van der Waals surface area contributed by atoms with Crippen LogP contribution in [-0.4, -0.2) is 19.5 Å². The number of hydrogen-bond donors (Lipinski definition) is 0. The lowest BCUT2D eigenvalue weighted by atomic mass is 10.1. The van der Waals surface area contributed by atoms with Gasteiger partial charge < -0.3 is 9.47 Å². The molecule has 0 aromatic heterocycles. The SMILES string of the molecule is CCC(=Cc1cc(OC)cc(OC)c1)CBr. The molecule has 3 heteroatoms. The van der Waals surface area contributed by atoms with Crippen LogP contribution in [0.25, 0.3) is 6.08 Å². The van der Waals surface area contributed by atoms with Crippen LogP contribution in [0.15, 0.2) is 23.8 Å². The lowest BCUT2D eigenvalue weighted by Gasteiger charge is -2.07. The second-order valence-electron chi connectivity index (χ2n) is 3.44. The Hall–Kier alpha value is -0.960. The molecule has 0 fully saturated rings. The lowest BCUT2D eigenvalue weighted by molar-refractivity contribution is 0.394. The molecule has 1 aromatic carbocycles. The van der Waals surface area contributed by atoms with Gasteiger partial charge in [0.1, 0.15) is 11.5 Å². The third kappa shape index (κ3) is 3.56. The van der Waals surface area contributed by atoms with Gasteiger partial charge >= 0.3 is 0 Å². The summed E-state index contributed by atoms with van der Waals surface area (Å²) in [5.74, 6) is 1.63. The smallest absolute Gasteiger partial charge is 0.123 e. The molecule has 0 saturated heterocycles. The zero-order valence-electron chi connectivity index (χ0n) is 9.92. The number of methoxy groups -OCH3 is 2. The minimum absolute atomic E-state index is 0.815. The minimum atomic E-state index is 0.815. The number of hydrogen-bond acceptors (Lipinski definition) is 2. The molecule has 0 aliphatic carbocycles. The molecule has 1 aromatic rings. The van der Waals surface area contributed by atoms with E-state index in [1.54, 1.807) is 14.2 Å². The Morgan fingerprint density at radius 2 is 1.75 bits per heavy atom. The number of ether oxygens (including phenoxy) is 2. The van der Waals surface area contributed by atoms with Crippen LogP contribution in [0.4, 0.5) is 0 Å². The minimum Gasteiger partial charge on any atom is -0.497 e. The van der Waals surface area contributed by atoms with Crippen LogP contribution < -0.4 is 9.47 Å². The van der Waals surface area contributed by atoms with Gasteiger partial charge in [0.25, 0.3) is 0 Å². The summed E-state index contributed by atoms with van der Waals surface area (Å²) in [6.45, 7) is 2.14. The van der Waals surface area contributed by atoms with Gasteiger partial charge in [0.05, 0.1) is 14.2 Å². The van der Waals surface area contributed by atoms with Gasteiger partial charge in [-0.25, -0.2) is 0 Å². The van der Waals surface area contributed by atoms with E-state index in [-0.39, 0.29) is 0 Å². The van der Waals surface area contributed by atoms with Gasteiger partial charge in [0.2, 0.25) is 0 Å². The average Bonchev–Trinajstić information content (AvgIpc) is 2.35. The van der Waals surface area contributed by atoms with Crippen molar-refractivity contribution in [1.29, 1.82) is 0 Å². The highest BCUT2D eigenvalue weighted by Gasteiger charge is 2.01. The Balaban J connectivity index is 3.07. The molecule has 16 heavy (non-hydrogen) atoms. The fraction of sp³-hybridized carbons (Fsp3) is 0.385. The average molecular weight is 285 g/mol. The Labute approximate surface area is 105 Å². The molecule has 0 saturated carbocycles. The fourth-order valence-electron chi connectivity index (χ4n) is 1.38. The first-order valence-corrected chi connectivity index (χ1v) is 6.34. The first-order valence-electron chi connectivity index (χ1n) is 5.22. The number of rotatable bonds is 5. The predicted octanol–water partition coefficient (Wildman–Crippen LogP) is 3.89. The van der Waals surface area contributed by atoms with Crippen molar-refractivity contribution in [2.75, 3.05) is 19.5 Å². The topological polar surface area (TPSA) is 18.5 Å². The van der Waals surface area contributed by atoms with E-state index in [0.29, 0.717) is 0 Å². The van der Waals surface area contributed by atoms with Crippen LogP contribution in [0.1, 0.15) is 18.9 Å². The summed E-state index contributed by atoms with van der Waals surface area (Å²) in [6, 6.07) is 5.87. The number of halogens is 1. The Bertz CT molecular complexity index is 344. The zero-order chi connectivity index (χ0) is 12.0. The van der Waals surface area contributed by atoms with Crippen LogP contribution >= 0.6 is 15.9 Å². The number of allylic oxidation sites excluding steroid dienone is 1.